The molecule has 0 atom stereocenters. The van der Waals surface area contributed by atoms with Gasteiger partial charge in [0.1, 0.15) is 0 Å². The van der Waals surface area contributed by atoms with Crippen LogP contribution in [0.4, 0.5) is 0 Å². The number of rotatable bonds is 0. The van der Waals surface area contributed by atoms with E-state index in [1.54, 1.807) is 0 Å². The summed E-state index contributed by atoms with van der Waals surface area (Å²) in [6.07, 6.45) is 0. The summed E-state index contributed by atoms with van der Waals surface area (Å²) in [5, 5.41) is 1.29. The molecule has 1 aromatic heterocycles. The van der Waals surface area contributed by atoms with Gasteiger partial charge in [-0.3, -0.25) is 0 Å². The molecule has 1 aromatic carbocycles. The first-order valence-corrected chi connectivity index (χ1v) is 3.94. The molecule has 2 heteroatoms. The van der Waals surface area contributed by atoms with Crippen molar-refractivity contribution >= 4 is 14.9 Å². The van der Waals surface area contributed by atoms with Crippen LogP contribution < -0.4 is 4.00 Å². The van der Waals surface area contributed by atoms with Crippen LogP contribution in [0.15, 0.2) is 30.3 Å². The van der Waals surface area contributed by atoms with Crippen LogP contribution in [0.2, 0.25) is 0 Å². The molecule has 0 unspecified atom stereocenters. The Morgan fingerprint density at radius 3 is 2.80 bits per heavy atom. The summed E-state index contributed by atoms with van der Waals surface area (Å²) in [7, 11) is 0. The third-order valence-electron chi connectivity index (χ3n) is 1.53. The average Bonchev–Trinajstić information content (AvgIpc) is 2.27. The number of benzene rings is 1. The zero-order chi connectivity index (χ0) is 6.97. The molecule has 1 N–H and O–H groups in total. The number of H-pyrrole nitrogens is 1. The van der Waals surface area contributed by atoms with Gasteiger partial charge in [-0.15, -0.1) is 0 Å². The molecule has 0 radical (unpaired) electrons. The fourth-order valence-corrected chi connectivity index (χ4v) is 1.53. The SMILES string of the molecule is [Ti+3][c]1cc2ccccc2[nH]1. The van der Waals surface area contributed by atoms with Crippen molar-refractivity contribution < 1.29 is 20.4 Å². The van der Waals surface area contributed by atoms with Crippen LogP contribution in [0.1, 0.15) is 0 Å². The second-order valence-corrected chi connectivity index (χ2v) is 3.11. The van der Waals surface area contributed by atoms with Gasteiger partial charge >= 0.3 is 70.7 Å². The van der Waals surface area contributed by atoms with Crippen LogP contribution in [0.3, 0.4) is 0 Å². The molecular weight excluding hydrogens is 158 g/mol. The van der Waals surface area contributed by atoms with Crippen molar-refractivity contribution in [3.63, 3.8) is 0 Å². The van der Waals surface area contributed by atoms with E-state index < -0.39 is 0 Å². The Labute approximate surface area is 70.8 Å². The number of aromatic amines is 1. The molecule has 0 fully saturated rings. The van der Waals surface area contributed by atoms with Gasteiger partial charge in [0.05, 0.1) is 0 Å². The van der Waals surface area contributed by atoms with Crippen LogP contribution in [-0.2, 0) is 20.4 Å². The average molecular weight is 164 g/mol. The van der Waals surface area contributed by atoms with Gasteiger partial charge in [0.2, 0.25) is 0 Å². The maximum absolute atomic E-state index is 3.26. The molecule has 0 bridgehead atoms. The normalized spacial score (nSPS) is 10.6. The zero-order valence-electron chi connectivity index (χ0n) is 5.39. The van der Waals surface area contributed by atoms with Gasteiger partial charge in [-0.05, 0) is 0 Å². The van der Waals surface area contributed by atoms with E-state index in [4.69, 9.17) is 0 Å². The first-order valence-electron chi connectivity index (χ1n) is 3.15. The maximum atomic E-state index is 3.26. The van der Waals surface area contributed by atoms with E-state index >= 15 is 0 Å². The molecule has 0 aliphatic carbocycles. The molecule has 0 aliphatic rings. The summed E-state index contributed by atoms with van der Waals surface area (Å²) in [5.41, 5.74) is 1.22. The molecule has 44 valence electrons. The zero-order valence-corrected chi connectivity index (χ0v) is 6.95. The second kappa shape index (κ2) is 2.26. The van der Waals surface area contributed by atoms with Crippen molar-refractivity contribution in [3.8, 4) is 0 Å². The molecule has 2 aromatic rings. The molecule has 0 spiro atoms. The van der Waals surface area contributed by atoms with Gasteiger partial charge in [0, 0.05) is 0 Å². The Morgan fingerprint density at radius 1 is 1.20 bits per heavy atom. The molecule has 0 saturated heterocycles. The topological polar surface area (TPSA) is 15.8 Å². The van der Waals surface area contributed by atoms with Crippen molar-refractivity contribution in [3.05, 3.63) is 30.3 Å². The summed E-state index contributed by atoms with van der Waals surface area (Å²) in [4.78, 5) is 3.26. The number of para-hydroxylation sites is 1. The molecule has 0 amide bonds. The Balaban J connectivity index is 2.88. The first-order chi connectivity index (χ1) is 4.86. The minimum absolute atomic E-state index is 1.22. The van der Waals surface area contributed by atoms with E-state index in [1.165, 1.54) is 14.9 Å². The molecule has 0 saturated carbocycles. The Hall–Kier alpha value is -0.526. The standard InChI is InChI=1S/C8H6N.Ti/c1-2-4-8-7(3-1)5-6-9-8;/h1-5,9H;/q;+3. The van der Waals surface area contributed by atoms with E-state index in [9.17, 15) is 0 Å². The quantitative estimate of drug-likeness (QED) is 0.565. The van der Waals surface area contributed by atoms with Gasteiger partial charge < -0.3 is 0 Å². The molecular formula is C8H6NTi+3. The fourth-order valence-electron chi connectivity index (χ4n) is 1.07. The second-order valence-electron chi connectivity index (χ2n) is 2.27. The van der Waals surface area contributed by atoms with Crippen LogP contribution >= 0.6 is 0 Å². The first kappa shape index (κ1) is 6.20. The van der Waals surface area contributed by atoms with Gasteiger partial charge in [-0.2, -0.15) is 0 Å². The van der Waals surface area contributed by atoms with E-state index in [0.29, 0.717) is 0 Å². The molecule has 2 rings (SSSR count). The third kappa shape index (κ3) is 0.918. The molecule has 10 heavy (non-hydrogen) atoms. The minimum atomic E-state index is 1.22. The predicted molar refractivity (Wildman–Crippen MR) is 37.9 cm³/mol. The van der Waals surface area contributed by atoms with Gasteiger partial charge in [0.15, 0.2) is 0 Å². The van der Waals surface area contributed by atoms with E-state index in [1.807, 2.05) is 6.07 Å². The van der Waals surface area contributed by atoms with Crippen molar-refractivity contribution in [2.45, 2.75) is 0 Å². The van der Waals surface area contributed by atoms with Crippen LogP contribution in [0, 0.1) is 0 Å². The third-order valence-corrected chi connectivity index (χ3v) is 1.95. The van der Waals surface area contributed by atoms with Crippen LogP contribution in [0.5, 0.6) is 0 Å². The Kier molecular flexibility index (Phi) is 1.40. The summed E-state index contributed by atoms with van der Waals surface area (Å²) in [5.74, 6) is 0. The summed E-state index contributed by atoms with van der Waals surface area (Å²) < 4.78 is 1.22. The number of fused-ring (bicyclic) bond motifs is 1. The van der Waals surface area contributed by atoms with Gasteiger partial charge in [-0.25, -0.2) is 0 Å². The predicted octanol–water partition coefficient (Wildman–Crippen LogP) is 1.34. The van der Waals surface area contributed by atoms with Gasteiger partial charge in [-0.1, -0.05) is 0 Å². The van der Waals surface area contributed by atoms with Gasteiger partial charge in [0.25, 0.3) is 0 Å². The molecule has 1 heterocycles. The number of hydrogen-bond donors (Lipinski definition) is 1. The van der Waals surface area contributed by atoms with Crippen molar-refractivity contribution in [2.75, 3.05) is 0 Å². The van der Waals surface area contributed by atoms with Crippen LogP contribution in [0.25, 0.3) is 10.9 Å². The number of nitrogens with one attached hydrogen (secondary N) is 1. The molecule has 0 aliphatic heterocycles. The Bertz CT molecular complexity index is 318. The Morgan fingerprint density at radius 2 is 2.00 bits per heavy atom. The van der Waals surface area contributed by atoms with Crippen LogP contribution in [-0.4, -0.2) is 4.98 Å². The monoisotopic (exact) mass is 164 g/mol. The van der Waals surface area contributed by atoms with Crippen molar-refractivity contribution in [2.24, 2.45) is 0 Å². The summed E-state index contributed by atoms with van der Waals surface area (Å²) in [6, 6.07) is 10.4. The number of hydrogen-bond acceptors (Lipinski definition) is 0. The fraction of sp³-hybridized carbons (Fsp3) is 0. The summed E-state index contributed by atoms with van der Waals surface area (Å²) >= 11 is 2.07. The van der Waals surface area contributed by atoms with Crippen molar-refractivity contribution in [1.29, 1.82) is 0 Å². The molecule has 1 nitrogen and oxygen atoms in total. The van der Waals surface area contributed by atoms with E-state index in [-0.39, 0.29) is 0 Å². The van der Waals surface area contributed by atoms with Crippen molar-refractivity contribution in [1.82, 2.24) is 4.98 Å². The van der Waals surface area contributed by atoms with E-state index in [2.05, 4.69) is 49.7 Å². The van der Waals surface area contributed by atoms with E-state index in [0.717, 1.165) is 0 Å². The summed E-state index contributed by atoms with van der Waals surface area (Å²) in [6.45, 7) is 0. The number of aromatic nitrogens is 1.